The third kappa shape index (κ3) is 2.57. The molecule has 2 heterocycles. The van der Waals surface area contributed by atoms with Crippen molar-refractivity contribution in [2.24, 2.45) is 5.41 Å². The van der Waals surface area contributed by atoms with Crippen LogP contribution in [0.25, 0.3) is 0 Å². The van der Waals surface area contributed by atoms with E-state index in [2.05, 4.69) is 15.6 Å². The van der Waals surface area contributed by atoms with Gasteiger partial charge in [0.25, 0.3) is 0 Å². The summed E-state index contributed by atoms with van der Waals surface area (Å²) in [6, 6.07) is 3.65. The topological polar surface area (TPSA) is 37.0 Å². The van der Waals surface area contributed by atoms with E-state index in [1.807, 2.05) is 0 Å². The van der Waals surface area contributed by atoms with Gasteiger partial charge in [0.05, 0.1) is 6.20 Å². The third-order valence-corrected chi connectivity index (χ3v) is 3.98. The molecular weight excluding hydrogens is 217 g/mol. The van der Waals surface area contributed by atoms with Crippen molar-refractivity contribution < 1.29 is 4.39 Å². The van der Waals surface area contributed by atoms with Crippen LogP contribution in [0.4, 0.5) is 10.2 Å². The molecule has 2 N–H and O–H groups in total. The predicted octanol–water partition coefficient (Wildman–Crippen LogP) is 2.16. The van der Waals surface area contributed by atoms with Gasteiger partial charge in [-0.15, -0.1) is 0 Å². The number of nitrogens with one attached hydrogen (secondary N) is 2. The van der Waals surface area contributed by atoms with Crippen molar-refractivity contribution in [2.45, 2.75) is 31.7 Å². The van der Waals surface area contributed by atoms with Crippen LogP contribution in [-0.2, 0) is 0 Å². The first kappa shape index (κ1) is 11.0. The van der Waals surface area contributed by atoms with Crippen molar-refractivity contribution in [1.29, 1.82) is 0 Å². The second-order valence-electron chi connectivity index (χ2n) is 5.35. The molecule has 4 heteroatoms. The molecule has 0 amide bonds. The zero-order valence-corrected chi connectivity index (χ0v) is 9.88. The molecule has 1 aromatic heterocycles. The van der Waals surface area contributed by atoms with E-state index < -0.39 is 0 Å². The maximum atomic E-state index is 12.7. The average molecular weight is 235 g/mol. The Morgan fingerprint density at radius 1 is 1.41 bits per heavy atom. The molecule has 0 bridgehead atoms. The first-order chi connectivity index (χ1) is 8.26. The van der Waals surface area contributed by atoms with Gasteiger partial charge in [-0.25, -0.2) is 9.37 Å². The third-order valence-electron chi connectivity index (χ3n) is 3.98. The molecule has 1 unspecified atom stereocenters. The number of hydrogen-bond acceptors (Lipinski definition) is 3. The van der Waals surface area contributed by atoms with Crippen LogP contribution in [0, 0.1) is 11.2 Å². The Balaban J connectivity index is 1.52. The molecule has 1 aromatic rings. The monoisotopic (exact) mass is 235 g/mol. The van der Waals surface area contributed by atoms with Crippen LogP contribution in [0.2, 0.25) is 0 Å². The second-order valence-corrected chi connectivity index (χ2v) is 5.35. The highest BCUT2D eigenvalue weighted by Crippen LogP contribution is 2.53. The summed E-state index contributed by atoms with van der Waals surface area (Å²) in [7, 11) is 0. The molecule has 17 heavy (non-hydrogen) atoms. The molecular formula is C13H18FN3. The maximum Gasteiger partial charge on any atom is 0.141 e. The van der Waals surface area contributed by atoms with E-state index in [0.717, 1.165) is 18.9 Å². The summed E-state index contributed by atoms with van der Waals surface area (Å²) in [6.45, 7) is 2.00. The summed E-state index contributed by atoms with van der Waals surface area (Å²) in [5.41, 5.74) is 0.661. The van der Waals surface area contributed by atoms with Gasteiger partial charge in [0.1, 0.15) is 11.6 Å². The lowest BCUT2D eigenvalue weighted by atomic mass is 9.89. The number of pyridine rings is 1. The minimum absolute atomic E-state index is 0.289. The quantitative estimate of drug-likeness (QED) is 0.843. The van der Waals surface area contributed by atoms with Crippen LogP contribution in [0.1, 0.15) is 25.7 Å². The summed E-state index contributed by atoms with van der Waals surface area (Å²) >= 11 is 0. The Morgan fingerprint density at radius 3 is 3.00 bits per heavy atom. The maximum absolute atomic E-state index is 12.7. The summed E-state index contributed by atoms with van der Waals surface area (Å²) in [5, 5.41) is 6.80. The van der Waals surface area contributed by atoms with Gasteiger partial charge >= 0.3 is 0 Å². The highest BCUT2D eigenvalue weighted by atomic mass is 19.1. The van der Waals surface area contributed by atoms with Gasteiger partial charge in [0.15, 0.2) is 0 Å². The number of hydrogen-bond donors (Lipinski definition) is 2. The fourth-order valence-corrected chi connectivity index (χ4v) is 2.72. The minimum atomic E-state index is -0.289. The van der Waals surface area contributed by atoms with Gasteiger partial charge in [-0.3, -0.25) is 0 Å². The molecule has 0 aromatic carbocycles. The molecule has 2 aliphatic rings. The molecule has 1 aliphatic heterocycles. The van der Waals surface area contributed by atoms with Crippen LogP contribution in [-0.4, -0.2) is 24.1 Å². The molecule has 92 valence electrons. The lowest BCUT2D eigenvalue weighted by Gasteiger charge is -2.30. The summed E-state index contributed by atoms with van der Waals surface area (Å²) < 4.78 is 12.7. The molecule has 1 saturated heterocycles. The number of anilines is 1. The van der Waals surface area contributed by atoms with E-state index in [0.29, 0.717) is 11.5 Å². The molecule has 1 spiro atoms. The Morgan fingerprint density at radius 2 is 2.29 bits per heavy atom. The van der Waals surface area contributed by atoms with Gasteiger partial charge in [-0.05, 0) is 49.8 Å². The van der Waals surface area contributed by atoms with Crippen molar-refractivity contribution >= 4 is 5.82 Å². The first-order valence-electron chi connectivity index (χ1n) is 6.35. The molecule has 3 rings (SSSR count). The number of piperidine rings is 1. The average Bonchev–Trinajstić information content (AvgIpc) is 3.08. The molecule has 3 nitrogen and oxygen atoms in total. The standard InChI is InChI=1S/C13H18FN3/c14-10-1-2-12(16-8-10)17-9-11-7-13(3-4-13)5-6-15-11/h1-2,8,11,15H,3-7,9H2,(H,16,17). The number of nitrogens with zero attached hydrogens (tertiary/aromatic N) is 1. The normalized spacial score (nSPS) is 25.8. The van der Waals surface area contributed by atoms with Crippen LogP contribution in [0.5, 0.6) is 0 Å². The highest BCUT2D eigenvalue weighted by Gasteiger charge is 2.45. The van der Waals surface area contributed by atoms with E-state index in [1.54, 1.807) is 6.07 Å². The van der Waals surface area contributed by atoms with E-state index in [4.69, 9.17) is 0 Å². The van der Waals surface area contributed by atoms with Crippen LogP contribution in [0.3, 0.4) is 0 Å². The van der Waals surface area contributed by atoms with Crippen LogP contribution >= 0.6 is 0 Å². The number of aromatic nitrogens is 1. The fourth-order valence-electron chi connectivity index (χ4n) is 2.72. The number of halogens is 1. The van der Waals surface area contributed by atoms with Crippen molar-refractivity contribution in [3.63, 3.8) is 0 Å². The highest BCUT2D eigenvalue weighted by molar-refractivity contribution is 5.33. The minimum Gasteiger partial charge on any atom is -0.369 e. The van der Waals surface area contributed by atoms with Crippen molar-refractivity contribution in [3.8, 4) is 0 Å². The Labute approximate surface area is 101 Å². The molecule has 1 aliphatic carbocycles. The SMILES string of the molecule is Fc1ccc(NCC2CC3(CCN2)CC3)nc1. The van der Waals surface area contributed by atoms with Gasteiger partial charge in [-0.2, -0.15) is 0 Å². The molecule has 2 fully saturated rings. The largest absolute Gasteiger partial charge is 0.369 e. The van der Waals surface area contributed by atoms with Crippen molar-refractivity contribution in [3.05, 3.63) is 24.1 Å². The van der Waals surface area contributed by atoms with E-state index in [-0.39, 0.29) is 5.82 Å². The summed E-state index contributed by atoms with van der Waals surface area (Å²) in [4.78, 5) is 4.00. The van der Waals surface area contributed by atoms with Crippen molar-refractivity contribution in [1.82, 2.24) is 10.3 Å². The molecule has 1 saturated carbocycles. The summed E-state index contributed by atoms with van der Waals surface area (Å²) in [6.07, 6.45) is 6.65. The Bertz CT molecular complexity index is 386. The van der Waals surface area contributed by atoms with E-state index in [1.165, 1.54) is 37.9 Å². The molecule has 1 atom stereocenters. The van der Waals surface area contributed by atoms with Crippen LogP contribution in [0.15, 0.2) is 18.3 Å². The predicted molar refractivity (Wildman–Crippen MR) is 65.4 cm³/mol. The van der Waals surface area contributed by atoms with E-state index in [9.17, 15) is 4.39 Å². The zero-order chi connectivity index (χ0) is 11.7. The van der Waals surface area contributed by atoms with Gasteiger partial charge in [0, 0.05) is 12.6 Å². The molecule has 0 radical (unpaired) electrons. The van der Waals surface area contributed by atoms with E-state index >= 15 is 0 Å². The second kappa shape index (κ2) is 4.26. The van der Waals surface area contributed by atoms with Gasteiger partial charge in [0.2, 0.25) is 0 Å². The first-order valence-corrected chi connectivity index (χ1v) is 6.35. The fraction of sp³-hybridized carbons (Fsp3) is 0.615. The Hall–Kier alpha value is -1.16. The van der Waals surface area contributed by atoms with Crippen LogP contribution < -0.4 is 10.6 Å². The lowest BCUT2D eigenvalue weighted by Crippen LogP contribution is -2.43. The van der Waals surface area contributed by atoms with Gasteiger partial charge in [-0.1, -0.05) is 0 Å². The van der Waals surface area contributed by atoms with Crippen molar-refractivity contribution in [2.75, 3.05) is 18.4 Å². The number of rotatable bonds is 3. The zero-order valence-electron chi connectivity index (χ0n) is 9.88. The Kier molecular flexibility index (Phi) is 2.74. The summed E-state index contributed by atoms with van der Waals surface area (Å²) in [5.74, 6) is 0.465. The van der Waals surface area contributed by atoms with Gasteiger partial charge < -0.3 is 10.6 Å². The lowest BCUT2D eigenvalue weighted by molar-refractivity contribution is 0.290. The smallest absolute Gasteiger partial charge is 0.141 e.